The lowest BCUT2D eigenvalue weighted by atomic mass is 9.87. The second-order valence-electron chi connectivity index (χ2n) is 6.48. The third-order valence-corrected chi connectivity index (χ3v) is 3.33. The van der Waals surface area contributed by atoms with E-state index in [4.69, 9.17) is 5.11 Å². The summed E-state index contributed by atoms with van der Waals surface area (Å²) in [7, 11) is 0. The molecule has 1 aromatic carbocycles. The van der Waals surface area contributed by atoms with E-state index in [1.54, 1.807) is 19.1 Å². The van der Waals surface area contributed by atoms with Gasteiger partial charge in [-0.15, -0.1) is 0 Å². The molecule has 0 heterocycles. The molecule has 0 aliphatic carbocycles. The largest absolute Gasteiger partial charge is 0.394 e. The first-order chi connectivity index (χ1) is 10.2. The quantitative estimate of drug-likeness (QED) is 0.747. The highest BCUT2D eigenvalue weighted by Gasteiger charge is 2.14. The molecule has 5 nitrogen and oxygen atoms in total. The first-order valence-electron chi connectivity index (χ1n) is 7.53. The van der Waals surface area contributed by atoms with E-state index in [2.05, 4.69) is 31.4 Å². The van der Waals surface area contributed by atoms with Crippen LogP contribution in [0.5, 0.6) is 0 Å². The summed E-state index contributed by atoms with van der Waals surface area (Å²) in [6, 6.07) is 7.22. The molecule has 0 saturated carbocycles. The van der Waals surface area contributed by atoms with Crippen LogP contribution in [-0.2, 0) is 10.2 Å². The molecule has 0 aliphatic rings. The van der Waals surface area contributed by atoms with E-state index in [0.717, 1.165) is 0 Å². The van der Waals surface area contributed by atoms with Crippen LogP contribution in [0.2, 0.25) is 0 Å². The summed E-state index contributed by atoms with van der Waals surface area (Å²) in [6.07, 6.45) is 0.191. The maximum absolute atomic E-state index is 12.0. The number of benzene rings is 1. The first kappa shape index (κ1) is 18.2. The fraction of sp³-hybridized carbons (Fsp3) is 0.529. The van der Waals surface area contributed by atoms with Crippen molar-refractivity contribution in [3.8, 4) is 0 Å². The summed E-state index contributed by atoms with van der Waals surface area (Å²) in [4.78, 5) is 23.5. The Hall–Kier alpha value is -1.88. The number of aliphatic hydroxyl groups excluding tert-OH is 1. The molecule has 22 heavy (non-hydrogen) atoms. The molecule has 0 spiro atoms. The Morgan fingerprint density at radius 3 is 2.27 bits per heavy atom. The van der Waals surface area contributed by atoms with Crippen molar-refractivity contribution in [1.82, 2.24) is 10.6 Å². The first-order valence-corrected chi connectivity index (χ1v) is 7.53. The average molecular weight is 306 g/mol. The fourth-order valence-electron chi connectivity index (χ4n) is 1.91. The van der Waals surface area contributed by atoms with Gasteiger partial charge in [0, 0.05) is 24.6 Å². The van der Waals surface area contributed by atoms with Crippen LogP contribution in [0.25, 0.3) is 0 Å². The van der Waals surface area contributed by atoms with Crippen LogP contribution in [0.15, 0.2) is 24.3 Å². The minimum absolute atomic E-state index is 0.0521. The molecule has 0 radical (unpaired) electrons. The maximum atomic E-state index is 12.0. The monoisotopic (exact) mass is 306 g/mol. The number of aliphatic hydroxyl groups is 1. The van der Waals surface area contributed by atoms with Crippen molar-refractivity contribution in [1.29, 1.82) is 0 Å². The lowest BCUT2D eigenvalue weighted by molar-refractivity contribution is -0.121. The molecule has 0 aliphatic heterocycles. The predicted octanol–water partition coefficient (Wildman–Crippen LogP) is 1.60. The average Bonchev–Trinajstić information content (AvgIpc) is 2.46. The van der Waals surface area contributed by atoms with Gasteiger partial charge in [-0.1, -0.05) is 32.9 Å². The van der Waals surface area contributed by atoms with Gasteiger partial charge in [-0.2, -0.15) is 0 Å². The van der Waals surface area contributed by atoms with Crippen molar-refractivity contribution in [2.45, 2.75) is 45.6 Å². The second kappa shape index (κ2) is 7.94. The summed E-state index contributed by atoms with van der Waals surface area (Å²) >= 11 is 0. The molecular weight excluding hydrogens is 280 g/mol. The van der Waals surface area contributed by atoms with Crippen LogP contribution in [0, 0.1) is 0 Å². The molecule has 0 saturated heterocycles. The van der Waals surface area contributed by atoms with Gasteiger partial charge in [0.25, 0.3) is 5.91 Å². The molecule has 1 unspecified atom stereocenters. The van der Waals surface area contributed by atoms with Crippen molar-refractivity contribution >= 4 is 11.8 Å². The third kappa shape index (κ3) is 5.85. The smallest absolute Gasteiger partial charge is 0.251 e. The SMILES string of the molecule is CC(CO)NC(=O)CCNC(=O)c1ccc(C(C)(C)C)cc1. The van der Waals surface area contributed by atoms with Gasteiger partial charge in [0.15, 0.2) is 0 Å². The highest BCUT2D eigenvalue weighted by molar-refractivity contribution is 5.94. The van der Waals surface area contributed by atoms with E-state index >= 15 is 0 Å². The Labute approximate surface area is 132 Å². The molecule has 5 heteroatoms. The number of amides is 2. The number of hydrogen-bond donors (Lipinski definition) is 3. The molecular formula is C17H26N2O3. The lowest BCUT2D eigenvalue weighted by Crippen LogP contribution is -2.37. The van der Waals surface area contributed by atoms with E-state index in [-0.39, 0.29) is 42.8 Å². The van der Waals surface area contributed by atoms with Gasteiger partial charge in [-0.25, -0.2) is 0 Å². The molecule has 0 bridgehead atoms. The van der Waals surface area contributed by atoms with Crippen molar-refractivity contribution < 1.29 is 14.7 Å². The topological polar surface area (TPSA) is 78.4 Å². The highest BCUT2D eigenvalue weighted by atomic mass is 16.3. The summed E-state index contributed by atoms with van der Waals surface area (Å²) in [5.41, 5.74) is 1.80. The predicted molar refractivity (Wildman–Crippen MR) is 86.8 cm³/mol. The van der Waals surface area contributed by atoms with Gasteiger partial charge in [-0.05, 0) is 30.0 Å². The molecule has 3 N–H and O–H groups in total. The minimum Gasteiger partial charge on any atom is -0.394 e. The van der Waals surface area contributed by atoms with Gasteiger partial charge in [-0.3, -0.25) is 9.59 Å². The van der Waals surface area contributed by atoms with Crippen molar-refractivity contribution in [2.24, 2.45) is 0 Å². The zero-order chi connectivity index (χ0) is 16.8. The van der Waals surface area contributed by atoms with E-state index in [9.17, 15) is 9.59 Å². The van der Waals surface area contributed by atoms with Gasteiger partial charge in [0.2, 0.25) is 5.91 Å². The lowest BCUT2D eigenvalue weighted by Gasteiger charge is -2.19. The van der Waals surface area contributed by atoms with Crippen LogP contribution in [0.3, 0.4) is 0 Å². The Morgan fingerprint density at radius 2 is 1.77 bits per heavy atom. The van der Waals surface area contributed by atoms with Crippen LogP contribution < -0.4 is 10.6 Å². The van der Waals surface area contributed by atoms with Gasteiger partial charge < -0.3 is 15.7 Å². The summed E-state index contributed by atoms with van der Waals surface area (Å²) in [5, 5.41) is 14.2. The molecule has 1 atom stereocenters. The second-order valence-corrected chi connectivity index (χ2v) is 6.48. The van der Waals surface area contributed by atoms with Crippen LogP contribution in [0.1, 0.15) is 50.0 Å². The van der Waals surface area contributed by atoms with Crippen LogP contribution in [0.4, 0.5) is 0 Å². The summed E-state index contributed by atoms with van der Waals surface area (Å²) in [5.74, 6) is -0.381. The van der Waals surface area contributed by atoms with E-state index < -0.39 is 0 Å². The van der Waals surface area contributed by atoms with Crippen molar-refractivity contribution in [3.63, 3.8) is 0 Å². The van der Waals surface area contributed by atoms with Gasteiger partial charge in [0.05, 0.1) is 6.61 Å². The molecule has 1 rings (SSSR count). The Bertz CT molecular complexity index is 504. The maximum Gasteiger partial charge on any atom is 0.251 e. The molecule has 0 aromatic heterocycles. The Balaban J connectivity index is 2.44. The van der Waals surface area contributed by atoms with Crippen LogP contribution in [-0.4, -0.2) is 36.1 Å². The highest BCUT2D eigenvalue weighted by Crippen LogP contribution is 2.22. The van der Waals surface area contributed by atoms with Crippen LogP contribution >= 0.6 is 0 Å². The van der Waals surface area contributed by atoms with Crippen molar-refractivity contribution in [2.75, 3.05) is 13.2 Å². The number of hydrogen-bond acceptors (Lipinski definition) is 3. The van der Waals surface area contributed by atoms with Crippen molar-refractivity contribution in [3.05, 3.63) is 35.4 Å². The third-order valence-electron chi connectivity index (χ3n) is 3.33. The summed E-state index contributed by atoms with van der Waals surface area (Å²) < 4.78 is 0. The number of carbonyl (C=O) groups excluding carboxylic acids is 2. The molecule has 1 aromatic rings. The molecule has 2 amide bonds. The van der Waals surface area contributed by atoms with E-state index in [0.29, 0.717) is 5.56 Å². The van der Waals surface area contributed by atoms with E-state index in [1.165, 1.54) is 5.56 Å². The van der Waals surface area contributed by atoms with E-state index in [1.807, 2.05) is 12.1 Å². The number of carbonyl (C=O) groups is 2. The van der Waals surface area contributed by atoms with Gasteiger partial charge >= 0.3 is 0 Å². The minimum atomic E-state index is -0.270. The molecule has 122 valence electrons. The Kier molecular flexibility index (Phi) is 6.56. The zero-order valence-electron chi connectivity index (χ0n) is 13.8. The molecule has 0 fully saturated rings. The Morgan fingerprint density at radius 1 is 1.18 bits per heavy atom. The van der Waals surface area contributed by atoms with Gasteiger partial charge in [0.1, 0.15) is 0 Å². The zero-order valence-corrected chi connectivity index (χ0v) is 13.8. The summed E-state index contributed by atoms with van der Waals surface area (Å²) in [6.45, 7) is 8.24. The standard InChI is InChI=1S/C17H26N2O3/c1-12(11-20)19-15(21)9-10-18-16(22)13-5-7-14(8-6-13)17(2,3)4/h5-8,12,20H,9-11H2,1-4H3,(H,18,22)(H,19,21). The fourth-order valence-corrected chi connectivity index (χ4v) is 1.91. The normalized spacial score (nSPS) is 12.6. The number of rotatable bonds is 6. The number of nitrogens with one attached hydrogen (secondary N) is 2.